The molecule has 0 spiro atoms. The maximum Gasteiger partial charge on any atom is 0.586 e. The number of rotatable bonds is 2. The Morgan fingerprint density at radius 3 is 2.73 bits per heavy atom. The van der Waals surface area contributed by atoms with Crippen LogP contribution in [0.4, 0.5) is 13.6 Å². The van der Waals surface area contributed by atoms with E-state index in [1.165, 1.54) is 24.4 Å². The zero-order valence-corrected chi connectivity index (χ0v) is 11.1. The largest absolute Gasteiger partial charge is 0.586 e. The van der Waals surface area contributed by atoms with Gasteiger partial charge in [-0.3, -0.25) is 0 Å². The summed E-state index contributed by atoms with van der Waals surface area (Å²) in [7, 11) is 0. The van der Waals surface area contributed by atoms with Gasteiger partial charge in [-0.1, -0.05) is 6.07 Å². The third-order valence-electron chi connectivity index (χ3n) is 3.05. The zero-order valence-electron chi connectivity index (χ0n) is 11.1. The Balaban J connectivity index is 2.01. The van der Waals surface area contributed by atoms with Crippen molar-refractivity contribution in [3.05, 3.63) is 36.0 Å². The molecule has 3 rings (SSSR count). The van der Waals surface area contributed by atoms with E-state index in [1.54, 1.807) is 13.0 Å². The number of benzene rings is 1. The SMILES string of the molecule is Cc1c(-c2ccc3c(c2)OC(F)(F)O3)ccnc1OC(=O)[O-]. The molecule has 0 N–H and O–H groups in total. The molecule has 8 heteroatoms. The quantitative estimate of drug-likeness (QED) is 0.790. The van der Waals surface area contributed by atoms with Gasteiger partial charge in [0, 0.05) is 6.20 Å². The molecule has 2 heterocycles. The highest BCUT2D eigenvalue weighted by atomic mass is 19.3. The van der Waals surface area contributed by atoms with Crippen LogP contribution in [0, 0.1) is 6.92 Å². The molecule has 6 nitrogen and oxygen atoms in total. The number of fused-ring (bicyclic) bond motifs is 1. The highest BCUT2D eigenvalue weighted by molar-refractivity contribution is 5.72. The third kappa shape index (κ3) is 2.50. The normalized spacial score (nSPS) is 14.7. The Labute approximate surface area is 122 Å². The molecule has 2 aromatic rings. The maximum absolute atomic E-state index is 13.0. The number of aromatic nitrogens is 1. The summed E-state index contributed by atoms with van der Waals surface area (Å²) in [5, 5.41) is 10.5. The van der Waals surface area contributed by atoms with E-state index in [9.17, 15) is 18.7 Å². The summed E-state index contributed by atoms with van der Waals surface area (Å²) < 4.78 is 39.2. The Hall–Kier alpha value is -2.90. The molecule has 0 aliphatic carbocycles. The average molecular weight is 308 g/mol. The predicted molar refractivity (Wildman–Crippen MR) is 66.6 cm³/mol. The van der Waals surface area contributed by atoms with E-state index in [0.29, 0.717) is 16.7 Å². The fraction of sp³-hybridized carbons (Fsp3) is 0.143. The van der Waals surface area contributed by atoms with E-state index < -0.39 is 12.5 Å². The smallest absolute Gasteiger partial charge is 0.496 e. The molecule has 0 fully saturated rings. The summed E-state index contributed by atoms with van der Waals surface area (Å²) in [6, 6.07) is 5.83. The molecule has 0 amide bonds. The van der Waals surface area contributed by atoms with Gasteiger partial charge in [-0.05, 0) is 41.8 Å². The monoisotopic (exact) mass is 308 g/mol. The molecule has 0 saturated carbocycles. The molecule has 1 aromatic carbocycles. The molecule has 1 aliphatic rings. The van der Waals surface area contributed by atoms with Gasteiger partial charge in [-0.25, -0.2) is 4.98 Å². The Bertz CT molecular complexity index is 763. The first-order valence-corrected chi connectivity index (χ1v) is 6.10. The first-order valence-electron chi connectivity index (χ1n) is 6.10. The van der Waals surface area contributed by atoms with Crippen LogP contribution in [-0.4, -0.2) is 17.4 Å². The second-order valence-corrected chi connectivity index (χ2v) is 4.47. The molecule has 0 unspecified atom stereocenters. The topological polar surface area (TPSA) is 80.7 Å². The van der Waals surface area contributed by atoms with Crippen molar-refractivity contribution >= 4 is 6.16 Å². The van der Waals surface area contributed by atoms with Crippen molar-refractivity contribution in [2.75, 3.05) is 0 Å². The molecule has 22 heavy (non-hydrogen) atoms. The van der Waals surface area contributed by atoms with E-state index in [1.807, 2.05) is 0 Å². The van der Waals surface area contributed by atoms with E-state index in [2.05, 4.69) is 19.2 Å². The Morgan fingerprint density at radius 1 is 1.27 bits per heavy atom. The van der Waals surface area contributed by atoms with Crippen molar-refractivity contribution in [2.24, 2.45) is 0 Å². The number of carbonyl (C=O) groups excluding carboxylic acids is 1. The summed E-state index contributed by atoms with van der Waals surface area (Å²) in [5.74, 6) is -0.326. The van der Waals surface area contributed by atoms with Crippen LogP contribution in [0.15, 0.2) is 30.5 Å². The first kappa shape index (κ1) is 14.1. The van der Waals surface area contributed by atoms with Gasteiger partial charge in [0.25, 0.3) is 6.16 Å². The van der Waals surface area contributed by atoms with E-state index >= 15 is 0 Å². The number of carboxylic acid groups (broad SMARTS) is 1. The highest BCUT2D eigenvalue weighted by Crippen LogP contribution is 2.43. The van der Waals surface area contributed by atoms with Crippen LogP contribution < -0.4 is 19.3 Å². The lowest BCUT2D eigenvalue weighted by molar-refractivity contribution is -0.286. The minimum atomic E-state index is -3.70. The first-order chi connectivity index (χ1) is 10.4. The summed E-state index contributed by atoms with van der Waals surface area (Å²) >= 11 is 0. The van der Waals surface area contributed by atoms with Crippen LogP contribution in [0.3, 0.4) is 0 Å². The molecule has 0 saturated heterocycles. The number of alkyl halides is 2. The molecule has 0 radical (unpaired) electrons. The van der Waals surface area contributed by atoms with E-state index in [0.717, 1.165) is 0 Å². The fourth-order valence-corrected chi connectivity index (χ4v) is 2.13. The average Bonchev–Trinajstić information content (AvgIpc) is 2.73. The standard InChI is InChI=1S/C14H9F2NO5/c1-7-9(4-5-17-12(7)20-13(18)19)8-2-3-10-11(6-8)22-14(15,16)21-10/h2-6H,1H3,(H,18,19)/p-1. The van der Waals surface area contributed by atoms with Gasteiger partial charge in [0.1, 0.15) is 5.88 Å². The Kier molecular flexibility index (Phi) is 3.09. The number of ether oxygens (including phenoxy) is 3. The Morgan fingerprint density at radius 2 is 2.00 bits per heavy atom. The lowest BCUT2D eigenvalue weighted by Gasteiger charge is -2.13. The van der Waals surface area contributed by atoms with Crippen LogP contribution in [0.5, 0.6) is 17.4 Å². The maximum atomic E-state index is 13.0. The minimum Gasteiger partial charge on any atom is -0.496 e. The number of hydrogen-bond acceptors (Lipinski definition) is 6. The van der Waals surface area contributed by atoms with Crippen molar-refractivity contribution in [1.82, 2.24) is 4.98 Å². The highest BCUT2D eigenvalue weighted by Gasteiger charge is 2.43. The number of nitrogens with zero attached hydrogens (tertiary/aromatic N) is 1. The summed E-state index contributed by atoms with van der Waals surface area (Å²) in [5.41, 5.74) is 1.48. The van der Waals surface area contributed by atoms with Gasteiger partial charge >= 0.3 is 6.29 Å². The summed E-state index contributed by atoms with van der Waals surface area (Å²) in [4.78, 5) is 14.3. The second kappa shape index (κ2) is 4.83. The fourth-order valence-electron chi connectivity index (χ4n) is 2.13. The van der Waals surface area contributed by atoms with Crippen molar-refractivity contribution in [3.63, 3.8) is 0 Å². The number of halogens is 2. The third-order valence-corrected chi connectivity index (χ3v) is 3.05. The molecule has 114 valence electrons. The van der Waals surface area contributed by atoms with Crippen molar-refractivity contribution in [2.45, 2.75) is 13.2 Å². The predicted octanol–water partition coefficient (Wildman–Crippen LogP) is 2.10. The number of carbonyl (C=O) groups is 1. The van der Waals surface area contributed by atoms with Gasteiger partial charge < -0.3 is 24.1 Å². The number of hydrogen-bond donors (Lipinski definition) is 0. The lowest BCUT2D eigenvalue weighted by atomic mass is 10.0. The second-order valence-electron chi connectivity index (χ2n) is 4.47. The molecular weight excluding hydrogens is 300 g/mol. The van der Waals surface area contributed by atoms with E-state index in [4.69, 9.17) is 0 Å². The molecule has 1 aromatic heterocycles. The van der Waals surface area contributed by atoms with Gasteiger partial charge in [0.05, 0.1) is 0 Å². The van der Waals surface area contributed by atoms with Crippen molar-refractivity contribution in [3.8, 4) is 28.5 Å². The zero-order chi connectivity index (χ0) is 15.9. The van der Waals surface area contributed by atoms with E-state index in [-0.39, 0.29) is 17.4 Å². The van der Waals surface area contributed by atoms with Crippen LogP contribution in [0.2, 0.25) is 0 Å². The van der Waals surface area contributed by atoms with Crippen molar-refractivity contribution in [1.29, 1.82) is 0 Å². The molecule has 1 aliphatic heterocycles. The molecule has 0 bridgehead atoms. The summed E-state index contributed by atoms with van der Waals surface area (Å²) in [6.07, 6.45) is -4.10. The number of pyridine rings is 1. The summed E-state index contributed by atoms with van der Waals surface area (Å²) in [6.45, 7) is 1.58. The molecule has 0 atom stereocenters. The van der Waals surface area contributed by atoms with Gasteiger partial charge in [0.15, 0.2) is 11.5 Å². The van der Waals surface area contributed by atoms with Gasteiger partial charge in [-0.15, -0.1) is 8.78 Å². The van der Waals surface area contributed by atoms with Crippen LogP contribution in [-0.2, 0) is 0 Å². The minimum absolute atomic E-state index is 0.0772. The van der Waals surface area contributed by atoms with Gasteiger partial charge in [-0.2, -0.15) is 0 Å². The lowest BCUT2D eigenvalue weighted by Crippen LogP contribution is -2.27. The van der Waals surface area contributed by atoms with Crippen molar-refractivity contribution < 1.29 is 32.9 Å². The van der Waals surface area contributed by atoms with Crippen LogP contribution in [0.25, 0.3) is 11.1 Å². The van der Waals surface area contributed by atoms with Crippen LogP contribution >= 0.6 is 0 Å². The van der Waals surface area contributed by atoms with Crippen LogP contribution in [0.1, 0.15) is 5.56 Å². The van der Waals surface area contributed by atoms with Gasteiger partial charge in [0.2, 0.25) is 0 Å². The molecular formula is C14H8F2NO5-.